The number of morpholine rings is 1. The molecular formula is C18H30Cl2N4O2. The summed E-state index contributed by atoms with van der Waals surface area (Å²) < 4.78 is 5.36. The zero-order valence-corrected chi connectivity index (χ0v) is 16.9. The van der Waals surface area contributed by atoms with Crippen molar-refractivity contribution in [2.24, 2.45) is 11.8 Å². The minimum absolute atomic E-state index is 0. The number of halogens is 2. The zero-order valence-electron chi connectivity index (χ0n) is 15.3. The van der Waals surface area contributed by atoms with E-state index in [0.717, 1.165) is 45.1 Å². The summed E-state index contributed by atoms with van der Waals surface area (Å²) in [5.41, 5.74) is 1.08. The third kappa shape index (κ3) is 6.58. The number of rotatable bonds is 5. The van der Waals surface area contributed by atoms with Gasteiger partial charge in [0.15, 0.2) is 0 Å². The van der Waals surface area contributed by atoms with Crippen molar-refractivity contribution in [1.29, 1.82) is 0 Å². The molecule has 0 bridgehead atoms. The van der Waals surface area contributed by atoms with E-state index in [4.69, 9.17) is 4.74 Å². The number of carbonyl (C=O) groups excluding carboxylic acids is 1. The van der Waals surface area contributed by atoms with Crippen molar-refractivity contribution in [3.05, 3.63) is 18.3 Å². The van der Waals surface area contributed by atoms with Crippen molar-refractivity contribution in [3.63, 3.8) is 0 Å². The molecule has 1 aromatic rings. The lowest BCUT2D eigenvalue weighted by atomic mass is 9.84. The number of aromatic nitrogens is 1. The van der Waals surface area contributed by atoms with Crippen molar-refractivity contribution in [3.8, 4) is 0 Å². The number of pyridine rings is 1. The van der Waals surface area contributed by atoms with E-state index < -0.39 is 0 Å². The Morgan fingerprint density at radius 2 is 2.00 bits per heavy atom. The van der Waals surface area contributed by atoms with Gasteiger partial charge in [0.05, 0.1) is 25.1 Å². The standard InChI is InChI=1S/C18H28N4O2.2ClH/c1-14(15-4-6-19-7-5-15)12-18(23)21-17-3-2-16(13-20-17)22-8-10-24-11-9-22;;/h2-3,13-15,19H,4-12H2,1H3,(H,20,21,23);2*1H. The van der Waals surface area contributed by atoms with E-state index in [-0.39, 0.29) is 30.7 Å². The van der Waals surface area contributed by atoms with Crippen LogP contribution in [-0.2, 0) is 9.53 Å². The summed E-state index contributed by atoms with van der Waals surface area (Å²) in [7, 11) is 0. The number of hydrogen-bond donors (Lipinski definition) is 2. The van der Waals surface area contributed by atoms with Crippen LogP contribution in [0.1, 0.15) is 26.2 Å². The lowest BCUT2D eigenvalue weighted by Gasteiger charge is -2.28. The van der Waals surface area contributed by atoms with Gasteiger partial charge in [-0.2, -0.15) is 0 Å². The molecule has 0 saturated carbocycles. The number of nitrogens with one attached hydrogen (secondary N) is 2. The Kier molecular flexibility index (Phi) is 10.2. The molecule has 1 atom stereocenters. The van der Waals surface area contributed by atoms with Crippen LogP contribution in [0.3, 0.4) is 0 Å². The first-order chi connectivity index (χ1) is 11.7. The molecule has 2 fully saturated rings. The molecule has 3 rings (SSSR count). The average molecular weight is 405 g/mol. The molecule has 1 aromatic heterocycles. The maximum Gasteiger partial charge on any atom is 0.225 e. The van der Waals surface area contributed by atoms with Crippen LogP contribution in [0, 0.1) is 11.8 Å². The maximum absolute atomic E-state index is 12.3. The van der Waals surface area contributed by atoms with Crippen LogP contribution >= 0.6 is 24.8 Å². The van der Waals surface area contributed by atoms with Crippen LogP contribution < -0.4 is 15.5 Å². The first-order valence-electron chi connectivity index (χ1n) is 9.01. The Morgan fingerprint density at radius 1 is 1.31 bits per heavy atom. The molecule has 0 aliphatic carbocycles. The van der Waals surface area contributed by atoms with E-state index >= 15 is 0 Å². The fraction of sp³-hybridized carbons (Fsp3) is 0.667. The summed E-state index contributed by atoms with van der Waals surface area (Å²) in [6.45, 7) is 7.62. The summed E-state index contributed by atoms with van der Waals surface area (Å²) in [5, 5.41) is 6.31. The van der Waals surface area contributed by atoms with Gasteiger partial charge in [-0.25, -0.2) is 4.98 Å². The largest absolute Gasteiger partial charge is 0.378 e. The number of nitrogens with zero attached hydrogens (tertiary/aromatic N) is 2. The number of hydrogen-bond acceptors (Lipinski definition) is 5. The zero-order chi connectivity index (χ0) is 16.8. The molecule has 26 heavy (non-hydrogen) atoms. The van der Waals surface area contributed by atoms with Gasteiger partial charge < -0.3 is 20.3 Å². The number of ether oxygens (including phenoxy) is 1. The minimum Gasteiger partial charge on any atom is -0.378 e. The summed E-state index contributed by atoms with van der Waals surface area (Å²) in [6.07, 6.45) is 4.73. The number of amides is 1. The van der Waals surface area contributed by atoms with Gasteiger partial charge in [-0.05, 0) is 49.9 Å². The number of anilines is 2. The van der Waals surface area contributed by atoms with Gasteiger partial charge in [0.25, 0.3) is 0 Å². The molecule has 2 N–H and O–H groups in total. The van der Waals surface area contributed by atoms with Gasteiger partial charge in [0.1, 0.15) is 5.82 Å². The van der Waals surface area contributed by atoms with E-state index in [0.29, 0.717) is 24.1 Å². The van der Waals surface area contributed by atoms with Gasteiger partial charge in [-0.1, -0.05) is 6.92 Å². The third-order valence-corrected chi connectivity index (χ3v) is 5.09. The molecule has 1 unspecified atom stereocenters. The molecular weight excluding hydrogens is 375 g/mol. The normalized spacial score (nSPS) is 19.0. The smallest absolute Gasteiger partial charge is 0.225 e. The molecule has 148 valence electrons. The van der Waals surface area contributed by atoms with E-state index in [1.807, 2.05) is 18.3 Å². The topological polar surface area (TPSA) is 66.5 Å². The van der Waals surface area contributed by atoms with E-state index in [1.54, 1.807) is 0 Å². The van der Waals surface area contributed by atoms with Crippen molar-refractivity contribution >= 4 is 42.2 Å². The molecule has 2 aliphatic rings. The maximum atomic E-state index is 12.3. The first kappa shape index (κ1) is 23.0. The summed E-state index contributed by atoms with van der Waals surface area (Å²) in [5.74, 6) is 1.76. The number of carbonyl (C=O) groups is 1. The molecule has 2 aliphatic heterocycles. The second-order valence-electron chi connectivity index (χ2n) is 6.82. The van der Waals surface area contributed by atoms with E-state index in [9.17, 15) is 4.79 Å². The van der Waals surface area contributed by atoms with Gasteiger partial charge in [-0.15, -0.1) is 24.8 Å². The van der Waals surface area contributed by atoms with Crippen molar-refractivity contribution < 1.29 is 9.53 Å². The Morgan fingerprint density at radius 3 is 2.62 bits per heavy atom. The monoisotopic (exact) mass is 404 g/mol. The summed E-state index contributed by atoms with van der Waals surface area (Å²) in [6, 6.07) is 3.90. The Hall–Kier alpha value is -1.08. The van der Waals surface area contributed by atoms with E-state index in [2.05, 4.69) is 27.4 Å². The fourth-order valence-electron chi connectivity index (χ4n) is 3.53. The van der Waals surface area contributed by atoms with Crippen LogP contribution in [0.4, 0.5) is 11.5 Å². The van der Waals surface area contributed by atoms with Crippen LogP contribution in [0.2, 0.25) is 0 Å². The fourth-order valence-corrected chi connectivity index (χ4v) is 3.53. The highest BCUT2D eigenvalue weighted by molar-refractivity contribution is 5.90. The molecule has 2 saturated heterocycles. The second kappa shape index (κ2) is 11.6. The highest BCUT2D eigenvalue weighted by Crippen LogP contribution is 2.24. The molecule has 1 amide bonds. The predicted molar refractivity (Wildman–Crippen MR) is 110 cm³/mol. The highest BCUT2D eigenvalue weighted by Gasteiger charge is 2.22. The molecule has 8 heteroatoms. The highest BCUT2D eigenvalue weighted by atomic mass is 35.5. The van der Waals surface area contributed by atoms with Crippen LogP contribution in [0.5, 0.6) is 0 Å². The van der Waals surface area contributed by atoms with Crippen molar-refractivity contribution in [1.82, 2.24) is 10.3 Å². The van der Waals surface area contributed by atoms with E-state index in [1.165, 1.54) is 12.8 Å². The van der Waals surface area contributed by atoms with Gasteiger partial charge in [0.2, 0.25) is 5.91 Å². The molecule has 6 nitrogen and oxygen atoms in total. The Bertz CT molecular complexity index is 532. The Balaban J connectivity index is 0.00000169. The summed E-state index contributed by atoms with van der Waals surface area (Å²) in [4.78, 5) is 18.9. The SMILES string of the molecule is CC(CC(=O)Nc1ccc(N2CCOCC2)cn1)C1CCNCC1.Cl.Cl. The lowest BCUT2D eigenvalue weighted by molar-refractivity contribution is -0.117. The van der Waals surface area contributed by atoms with Crippen LogP contribution in [0.25, 0.3) is 0 Å². The minimum atomic E-state index is 0. The van der Waals surface area contributed by atoms with Crippen LogP contribution in [-0.4, -0.2) is 50.3 Å². The molecule has 0 spiro atoms. The number of piperidine rings is 1. The van der Waals surface area contributed by atoms with Gasteiger partial charge in [0, 0.05) is 19.5 Å². The molecule has 3 heterocycles. The molecule has 0 radical (unpaired) electrons. The third-order valence-electron chi connectivity index (χ3n) is 5.09. The van der Waals surface area contributed by atoms with Gasteiger partial charge in [-0.3, -0.25) is 4.79 Å². The van der Waals surface area contributed by atoms with Crippen molar-refractivity contribution in [2.75, 3.05) is 49.6 Å². The quantitative estimate of drug-likeness (QED) is 0.789. The summed E-state index contributed by atoms with van der Waals surface area (Å²) >= 11 is 0. The average Bonchev–Trinajstić information content (AvgIpc) is 2.64. The van der Waals surface area contributed by atoms with Gasteiger partial charge >= 0.3 is 0 Å². The predicted octanol–water partition coefficient (Wildman–Crippen LogP) is 2.73. The first-order valence-corrected chi connectivity index (χ1v) is 9.01. The molecule has 0 aromatic carbocycles. The second-order valence-corrected chi connectivity index (χ2v) is 6.82. The Labute approximate surface area is 168 Å². The van der Waals surface area contributed by atoms with Crippen molar-refractivity contribution in [2.45, 2.75) is 26.2 Å². The lowest BCUT2D eigenvalue weighted by Crippen LogP contribution is -2.36. The van der Waals surface area contributed by atoms with Crippen LogP contribution in [0.15, 0.2) is 18.3 Å².